The van der Waals surface area contributed by atoms with E-state index < -0.39 is 11.7 Å². The van der Waals surface area contributed by atoms with Gasteiger partial charge in [-0.05, 0) is 50.7 Å². The first-order valence-corrected chi connectivity index (χ1v) is 10.7. The number of hydrogen-bond donors (Lipinski definition) is 1. The summed E-state index contributed by atoms with van der Waals surface area (Å²) in [6.07, 6.45) is 1.70. The van der Waals surface area contributed by atoms with E-state index in [2.05, 4.69) is 10.3 Å². The van der Waals surface area contributed by atoms with Gasteiger partial charge in [-0.1, -0.05) is 0 Å². The average molecular weight is 424 g/mol. The third-order valence-electron chi connectivity index (χ3n) is 6.19. The Kier molecular flexibility index (Phi) is 5.88. The fourth-order valence-corrected chi connectivity index (χ4v) is 4.44. The number of anilines is 1. The van der Waals surface area contributed by atoms with E-state index in [9.17, 15) is 22.8 Å². The van der Waals surface area contributed by atoms with Crippen molar-refractivity contribution in [1.82, 2.24) is 15.2 Å². The van der Waals surface area contributed by atoms with E-state index in [0.717, 1.165) is 31.7 Å². The lowest BCUT2D eigenvalue weighted by molar-refractivity contribution is -0.139. The summed E-state index contributed by atoms with van der Waals surface area (Å²) in [6.45, 7) is 1.65. The zero-order valence-electron chi connectivity index (χ0n) is 16.8. The summed E-state index contributed by atoms with van der Waals surface area (Å²) in [6, 6.07) is 2.60. The van der Waals surface area contributed by atoms with E-state index in [-0.39, 0.29) is 42.1 Å². The van der Waals surface area contributed by atoms with Gasteiger partial charge in [0, 0.05) is 38.4 Å². The Hall–Kier alpha value is -2.32. The van der Waals surface area contributed by atoms with Crippen LogP contribution in [0.3, 0.4) is 0 Å². The number of nitrogens with one attached hydrogen (secondary N) is 1. The second kappa shape index (κ2) is 8.43. The molecule has 0 radical (unpaired) electrons. The number of alkyl halides is 3. The first kappa shape index (κ1) is 20.9. The van der Waals surface area contributed by atoms with Gasteiger partial charge in [0.1, 0.15) is 5.82 Å². The minimum atomic E-state index is -4.49. The van der Waals surface area contributed by atoms with Gasteiger partial charge in [-0.25, -0.2) is 4.98 Å². The maximum Gasteiger partial charge on any atom is 0.419 e. The Labute approximate surface area is 173 Å². The highest BCUT2D eigenvalue weighted by molar-refractivity contribution is 5.83. The fraction of sp³-hybridized carbons (Fsp3) is 0.667. The number of likely N-dealkylation sites (tertiary alicyclic amines) is 1. The molecule has 1 N–H and O–H groups in total. The van der Waals surface area contributed by atoms with E-state index in [1.165, 1.54) is 12.3 Å². The van der Waals surface area contributed by atoms with Gasteiger partial charge in [0.2, 0.25) is 11.8 Å². The molecule has 1 saturated carbocycles. The molecule has 2 atom stereocenters. The number of aromatic nitrogens is 1. The van der Waals surface area contributed by atoms with Crippen molar-refractivity contribution in [2.45, 2.75) is 50.7 Å². The topological polar surface area (TPSA) is 65.5 Å². The largest absolute Gasteiger partial charge is 0.419 e. The minimum absolute atomic E-state index is 0.0172. The van der Waals surface area contributed by atoms with Gasteiger partial charge in [-0.2, -0.15) is 13.2 Å². The SMILES string of the molecule is O=C(NC1CC1)C1CCCN(C(=O)C2CCCN(c3ncccc3C(F)(F)F)C2)C1. The summed E-state index contributed by atoms with van der Waals surface area (Å²) in [7, 11) is 0. The highest BCUT2D eigenvalue weighted by Crippen LogP contribution is 2.36. The van der Waals surface area contributed by atoms with Crippen LogP contribution in [0.1, 0.15) is 44.1 Å². The number of pyridine rings is 1. The second-order valence-corrected chi connectivity index (χ2v) is 8.56. The highest BCUT2D eigenvalue weighted by atomic mass is 19.4. The van der Waals surface area contributed by atoms with Crippen molar-refractivity contribution < 1.29 is 22.8 Å². The lowest BCUT2D eigenvalue weighted by Crippen LogP contribution is -2.50. The molecular weight excluding hydrogens is 397 g/mol. The lowest BCUT2D eigenvalue weighted by Gasteiger charge is -2.38. The molecule has 3 heterocycles. The summed E-state index contributed by atoms with van der Waals surface area (Å²) in [5.41, 5.74) is -0.770. The highest BCUT2D eigenvalue weighted by Gasteiger charge is 2.39. The number of halogens is 3. The van der Waals surface area contributed by atoms with Crippen LogP contribution in [-0.2, 0) is 15.8 Å². The molecule has 164 valence electrons. The maximum absolute atomic E-state index is 13.4. The van der Waals surface area contributed by atoms with Crippen molar-refractivity contribution in [3.05, 3.63) is 23.9 Å². The molecule has 2 saturated heterocycles. The molecule has 1 aromatic rings. The quantitative estimate of drug-likeness (QED) is 0.807. The molecule has 4 rings (SSSR count). The molecule has 3 fully saturated rings. The van der Waals surface area contributed by atoms with Crippen LogP contribution >= 0.6 is 0 Å². The Morgan fingerprint density at radius 3 is 2.50 bits per heavy atom. The van der Waals surface area contributed by atoms with E-state index in [0.29, 0.717) is 32.5 Å². The third kappa shape index (κ3) is 4.70. The molecule has 3 aliphatic rings. The fourth-order valence-electron chi connectivity index (χ4n) is 4.44. The summed E-state index contributed by atoms with van der Waals surface area (Å²) < 4.78 is 40.2. The number of carbonyl (C=O) groups excluding carboxylic acids is 2. The molecule has 0 aromatic carbocycles. The summed E-state index contributed by atoms with van der Waals surface area (Å²) >= 11 is 0. The molecule has 9 heteroatoms. The van der Waals surface area contributed by atoms with Crippen LogP contribution in [-0.4, -0.2) is 53.9 Å². The van der Waals surface area contributed by atoms with Gasteiger partial charge < -0.3 is 15.1 Å². The summed E-state index contributed by atoms with van der Waals surface area (Å²) in [5.74, 6) is -0.734. The number of rotatable bonds is 4. The number of hydrogen-bond acceptors (Lipinski definition) is 4. The van der Waals surface area contributed by atoms with Gasteiger partial charge in [0.25, 0.3) is 0 Å². The Bertz CT molecular complexity index is 797. The molecule has 2 amide bonds. The number of amides is 2. The van der Waals surface area contributed by atoms with Gasteiger partial charge in [-0.15, -0.1) is 0 Å². The average Bonchev–Trinajstić information content (AvgIpc) is 3.57. The first-order chi connectivity index (χ1) is 14.3. The van der Waals surface area contributed by atoms with Gasteiger partial charge in [0.05, 0.1) is 17.4 Å². The Morgan fingerprint density at radius 2 is 1.77 bits per heavy atom. The van der Waals surface area contributed by atoms with E-state index in [4.69, 9.17) is 0 Å². The number of piperidine rings is 2. The van der Waals surface area contributed by atoms with Crippen molar-refractivity contribution in [1.29, 1.82) is 0 Å². The molecule has 6 nitrogen and oxygen atoms in total. The molecule has 0 bridgehead atoms. The van der Waals surface area contributed by atoms with Gasteiger partial charge in [-0.3, -0.25) is 9.59 Å². The first-order valence-electron chi connectivity index (χ1n) is 10.7. The standard InChI is InChI=1S/C21H27F3N4O2/c22-21(23,24)17-6-1-9-25-18(17)27-10-3-5-15(13-27)20(30)28-11-2-4-14(12-28)19(29)26-16-7-8-16/h1,6,9,14-16H,2-5,7-8,10-13H2,(H,26,29). The van der Waals surface area contributed by atoms with Gasteiger partial charge >= 0.3 is 6.18 Å². The normalized spacial score (nSPS) is 25.2. The van der Waals surface area contributed by atoms with Crippen molar-refractivity contribution >= 4 is 17.6 Å². The van der Waals surface area contributed by atoms with Crippen LogP contribution in [0.15, 0.2) is 18.3 Å². The van der Waals surface area contributed by atoms with Crippen molar-refractivity contribution in [3.63, 3.8) is 0 Å². The monoisotopic (exact) mass is 424 g/mol. The lowest BCUT2D eigenvalue weighted by atomic mass is 9.92. The predicted molar refractivity (Wildman–Crippen MR) is 105 cm³/mol. The molecule has 0 spiro atoms. The molecule has 1 aromatic heterocycles. The van der Waals surface area contributed by atoms with Crippen LogP contribution < -0.4 is 10.2 Å². The van der Waals surface area contributed by atoms with E-state index >= 15 is 0 Å². The van der Waals surface area contributed by atoms with Crippen LogP contribution in [0.25, 0.3) is 0 Å². The minimum Gasteiger partial charge on any atom is -0.355 e. The molecule has 2 unspecified atom stereocenters. The third-order valence-corrected chi connectivity index (χ3v) is 6.19. The predicted octanol–water partition coefficient (Wildman–Crippen LogP) is 2.83. The van der Waals surface area contributed by atoms with Crippen molar-refractivity contribution in [2.24, 2.45) is 11.8 Å². The van der Waals surface area contributed by atoms with Crippen LogP contribution in [0.4, 0.5) is 19.0 Å². The zero-order chi connectivity index (χ0) is 21.3. The second-order valence-electron chi connectivity index (χ2n) is 8.56. The van der Waals surface area contributed by atoms with Crippen LogP contribution in [0.2, 0.25) is 0 Å². The van der Waals surface area contributed by atoms with E-state index in [1.807, 2.05) is 0 Å². The summed E-state index contributed by atoms with van der Waals surface area (Å²) in [4.78, 5) is 32.8. The molecule has 1 aliphatic carbocycles. The van der Waals surface area contributed by atoms with E-state index in [1.54, 1.807) is 9.80 Å². The zero-order valence-corrected chi connectivity index (χ0v) is 16.8. The number of carbonyl (C=O) groups is 2. The summed E-state index contributed by atoms with van der Waals surface area (Å²) in [5, 5.41) is 3.01. The Balaban J connectivity index is 1.42. The number of nitrogens with zero attached hydrogens (tertiary/aromatic N) is 3. The van der Waals surface area contributed by atoms with Crippen molar-refractivity contribution in [2.75, 3.05) is 31.1 Å². The maximum atomic E-state index is 13.4. The Morgan fingerprint density at radius 1 is 1.03 bits per heavy atom. The van der Waals surface area contributed by atoms with Crippen LogP contribution in [0, 0.1) is 11.8 Å². The smallest absolute Gasteiger partial charge is 0.355 e. The van der Waals surface area contributed by atoms with Gasteiger partial charge in [0.15, 0.2) is 0 Å². The molecule has 2 aliphatic heterocycles. The molecule has 30 heavy (non-hydrogen) atoms. The van der Waals surface area contributed by atoms with Crippen LogP contribution in [0.5, 0.6) is 0 Å². The van der Waals surface area contributed by atoms with Crippen molar-refractivity contribution in [3.8, 4) is 0 Å². The molecular formula is C21H27F3N4O2.